The first-order valence-corrected chi connectivity index (χ1v) is 18.8. The largest absolute Gasteiger partial charge is 0.481 e. The third-order valence-corrected chi connectivity index (χ3v) is 11.3. The summed E-state index contributed by atoms with van der Waals surface area (Å²) in [6.45, 7) is 17.2. The van der Waals surface area contributed by atoms with Crippen molar-refractivity contribution < 1.29 is 24.0 Å². The van der Waals surface area contributed by atoms with E-state index in [0.717, 1.165) is 50.1 Å². The first kappa shape index (κ1) is 36.6. The third-order valence-electron chi connectivity index (χ3n) is 11.3. The number of carbonyl (C=O) groups excluding carboxylic acids is 1. The summed E-state index contributed by atoms with van der Waals surface area (Å²) in [6.07, 6.45) is 4.57. The molecule has 0 aromatic heterocycles. The SMILES string of the molecule is CC(/C=C(/C=C(\C)C1=[N+](CCC(=O)O)c2c(c3ccccc3c3ccccc23)C1(C)C)c1ccccc1)=C1/N(CCOC=O)c2ccc(C)cc2C1(C)C. The van der Waals surface area contributed by atoms with Gasteiger partial charge in [-0.15, -0.1) is 0 Å². The van der Waals surface area contributed by atoms with Gasteiger partial charge in [-0.2, -0.15) is 4.58 Å². The van der Waals surface area contributed by atoms with Gasteiger partial charge in [0.15, 0.2) is 12.3 Å². The van der Waals surface area contributed by atoms with Gasteiger partial charge in [-0.05, 0) is 97.3 Å². The zero-order valence-corrected chi connectivity index (χ0v) is 32.4. The first-order valence-electron chi connectivity index (χ1n) is 18.8. The number of carbonyl (C=O) groups is 2. The molecule has 0 unspecified atom stereocenters. The monoisotopic (exact) mass is 717 g/mol. The number of benzene rings is 5. The highest BCUT2D eigenvalue weighted by molar-refractivity contribution is 6.20. The molecular formula is C48H49N2O4+. The number of nitrogens with zero attached hydrogens (tertiary/aromatic N) is 2. The second kappa shape index (κ2) is 14.2. The van der Waals surface area contributed by atoms with Crippen LogP contribution in [0.25, 0.3) is 27.1 Å². The summed E-state index contributed by atoms with van der Waals surface area (Å²) >= 11 is 0. The number of rotatable bonds is 11. The Kier molecular flexibility index (Phi) is 9.65. The van der Waals surface area contributed by atoms with Crippen LogP contribution in [-0.2, 0) is 25.2 Å². The number of hydrogen-bond donors (Lipinski definition) is 1. The molecule has 2 aliphatic rings. The van der Waals surface area contributed by atoms with Crippen molar-refractivity contribution in [1.29, 1.82) is 0 Å². The minimum Gasteiger partial charge on any atom is -0.481 e. The Morgan fingerprint density at radius 2 is 1.44 bits per heavy atom. The average molecular weight is 718 g/mol. The van der Waals surface area contributed by atoms with E-state index < -0.39 is 11.4 Å². The van der Waals surface area contributed by atoms with Crippen LogP contribution >= 0.6 is 0 Å². The van der Waals surface area contributed by atoms with E-state index in [9.17, 15) is 14.7 Å². The van der Waals surface area contributed by atoms with Crippen LogP contribution in [0.5, 0.6) is 0 Å². The zero-order valence-electron chi connectivity index (χ0n) is 32.4. The number of aryl methyl sites for hydroxylation is 1. The summed E-state index contributed by atoms with van der Waals surface area (Å²) in [6, 6.07) is 34.1. The Labute approximate surface area is 318 Å². The fraction of sp³-hybridized carbons (Fsp3) is 0.271. The number of aliphatic carboxylic acids is 1. The van der Waals surface area contributed by atoms with E-state index in [2.05, 4.69) is 161 Å². The van der Waals surface area contributed by atoms with E-state index in [0.29, 0.717) is 19.6 Å². The highest BCUT2D eigenvalue weighted by Gasteiger charge is 2.49. The molecule has 0 spiro atoms. The molecule has 54 heavy (non-hydrogen) atoms. The maximum atomic E-state index is 12.2. The molecule has 0 fully saturated rings. The molecule has 0 bridgehead atoms. The summed E-state index contributed by atoms with van der Waals surface area (Å²) in [7, 11) is 0. The van der Waals surface area contributed by atoms with Gasteiger partial charge in [0.25, 0.3) is 6.47 Å². The number of hydrogen-bond acceptors (Lipinski definition) is 4. The molecule has 7 rings (SSSR count). The summed E-state index contributed by atoms with van der Waals surface area (Å²) in [5, 5.41) is 14.7. The highest BCUT2D eigenvalue weighted by Crippen LogP contribution is 2.51. The van der Waals surface area contributed by atoms with E-state index in [4.69, 9.17) is 4.74 Å². The number of carboxylic acids is 1. The Bertz CT molecular complexity index is 2450. The minimum absolute atomic E-state index is 0.0127. The molecule has 274 valence electrons. The highest BCUT2D eigenvalue weighted by atomic mass is 16.5. The topological polar surface area (TPSA) is 69.8 Å². The molecule has 0 saturated carbocycles. The molecule has 0 saturated heterocycles. The predicted octanol–water partition coefficient (Wildman–Crippen LogP) is 10.4. The van der Waals surface area contributed by atoms with Gasteiger partial charge in [-0.1, -0.05) is 104 Å². The molecule has 1 N–H and O–H groups in total. The molecule has 6 heteroatoms. The lowest BCUT2D eigenvalue weighted by atomic mass is 9.76. The average Bonchev–Trinajstić information content (AvgIpc) is 3.53. The molecule has 6 nitrogen and oxygen atoms in total. The van der Waals surface area contributed by atoms with Gasteiger partial charge in [-0.25, -0.2) is 0 Å². The van der Waals surface area contributed by atoms with E-state index in [1.807, 2.05) is 6.07 Å². The lowest BCUT2D eigenvalue weighted by Gasteiger charge is -2.29. The van der Waals surface area contributed by atoms with Gasteiger partial charge >= 0.3 is 5.97 Å². The van der Waals surface area contributed by atoms with Crippen LogP contribution in [0.2, 0.25) is 0 Å². The standard InChI is InChI=1S/C48H48N2O4/c1-31-21-22-41-40(27-31)47(4,5)45(49(41)25-26-54-30-51)32(2)28-35(34-15-9-8-10-16-34)29-33(3)46-48(6,7)43-38-19-13-11-17-36(38)37-18-12-14-20-39(37)44(43)50(46)24-23-42(52)53/h8-22,27-30H,23-26H2,1-7H3/p+1. The Morgan fingerprint density at radius 3 is 2.11 bits per heavy atom. The van der Waals surface area contributed by atoms with Gasteiger partial charge in [0.05, 0.1) is 17.3 Å². The summed E-state index contributed by atoms with van der Waals surface area (Å²) in [4.78, 5) is 25.6. The lowest BCUT2D eigenvalue weighted by Crippen LogP contribution is -2.31. The smallest absolute Gasteiger partial charge is 0.309 e. The van der Waals surface area contributed by atoms with Crippen molar-refractivity contribution >= 4 is 56.6 Å². The van der Waals surface area contributed by atoms with Crippen molar-refractivity contribution in [3.63, 3.8) is 0 Å². The Hall–Kier alpha value is -5.75. The number of fused-ring (bicyclic) bond motifs is 7. The molecule has 0 aliphatic carbocycles. The van der Waals surface area contributed by atoms with Crippen molar-refractivity contribution in [3.8, 4) is 0 Å². The van der Waals surface area contributed by atoms with E-state index in [-0.39, 0.29) is 18.4 Å². The van der Waals surface area contributed by atoms with Gasteiger partial charge in [0.1, 0.15) is 13.0 Å². The zero-order chi connectivity index (χ0) is 38.4. The van der Waals surface area contributed by atoms with Crippen LogP contribution in [0.4, 0.5) is 11.4 Å². The molecule has 2 aliphatic heterocycles. The van der Waals surface area contributed by atoms with Gasteiger partial charge < -0.3 is 14.7 Å². The number of carboxylic acid groups (broad SMARTS) is 1. The van der Waals surface area contributed by atoms with Gasteiger partial charge in [0.2, 0.25) is 5.69 Å². The third kappa shape index (κ3) is 6.23. The van der Waals surface area contributed by atoms with Gasteiger partial charge in [0, 0.05) is 27.9 Å². The summed E-state index contributed by atoms with van der Waals surface area (Å²) in [5.41, 5.74) is 11.7. The van der Waals surface area contributed by atoms with E-state index in [1.165, 1.54) is 33.2 Å². The molecule has 0 atom stereocenters. The molecule has 2 heterocycles. The Balaban J connectivity index is 1.46. The summed E-state index contributed by atoms with van der Waals surface area (Å²) < 4.78 is 7.50. The van der Waals surface area contributed by atoms with Crippen molar-refractivity contribution in [2.24, 2.45) is 0 Å². The van der Waals surface area contributed by atoms with Crippen molar-refractivity contribution in [2.75, 3.05) is 24.6 Å². The molecule has 0 radical (unpaired) electrons. The van der Waals surface area contributed by atoms with Crippen LogP contribution in [0.1, 0.15) is 70.2 Å². The maximum absolute atomic E-state index is 12.2. The van der Waals surface area contributed by atoms with Crippen LogP contribution < -0.4 is 4.90 Å². The quantitative estimate of drug-likeness (QED) is 0.0484. The van der Waals surface area contributed by atoms with E-state index >= 15 is 0 Å². The van der Waals surface area contributed by atoms with Crippen LogP contribution in [0.3, 0.4) is 0 Å². The normalized spacial score (nSPS) is 17.2. The number of ether oxygens (including phenoxy) is 1. The van der Waals surface area contributed by atoms with Crippen molar-refractivity contribution in [1.82, 2.24) is 0 Å². The molecule has 5 aromatic rings. The first-order chi connectivity index (χ1) is 25.9. The number of anilines is 1. The van der Waals surface area contributed by atoms with Crippen molar-refractivity contribution in [3.05, 3.63) is 148 Å². The molecule has 5 aromatic carbocycles. The van der Waals surface area contributed by atoms with Crippen LogP contribution in [0.15, 0.2) is 126 Å². The maximum Gasteiger partial charge on any atom is 0.309 e. The fourth-order valence-corrected chi connectivity index (χ4v) is 9.28. The number of allylic oxidation sites excluding steroid dienone is 6. The van der Waals surface area contributed by atoms with Crippen LogP contribution in [0, 0.1) is 6.92 Å². The fourth-order valence-electron chi connectivity index (χ4n) is 9.28. The molecular weight excluding hydrogens is 669 g/mol. The van der Waals surface area contributed by atoms with Crippen LogP contribution in [-0.4, -0.2) is 47.5 Å². The predicted molar refractivity (Wildman–Crippen MR) is 221 cm³/mol. The second-order valence-electron chi connectivity index (χ2n) is 15.7. The Morgan fingerprint density at radius 1 is 0.815 bits per heavy atom. The van der Waals surface area contributed by atoms with Crippen molar-refractivity contribution in [2.45, 2.75) is 65.7 Å². The summed E-state index contributed by atoms with van der Waals surface area (Å²) in [5.74, 6) is -0.821. The minimum atomic E-state index is -0.821. The van der Waals surface area contributed by atoms with Gasteiger partial charge in [-0.3, -0.25) is 9.59 Å². The second-order valence-corrected chi connectivity index (χ2v) is 15.7. The lowest BCUT2D eigenvalue weighted by molar-refractivity contribution is -0.435. The molecule has 0 amide bonds. The van der Waals surface area contributed by atoms with E-state index in [1.54, 1.807) is 0 Å².